The van der Waals surface area contributed by atoms with E-state index in [2.05, 4.69) is 0 Å². The maximum atomic E-state index is 16.1. The van der Waals surface area contributed by atoms with Crippen LogP contribution in [-0.2, 0) is 0 Å². The average molecular weight is 596 g/mol. The van der Waals surface area contributed by atoms with E-state index in [0.717, 1.165) is 22.3 Å². The molecule has 0 saturated heterocycles. The van der Waals surface area contributed by atoms with Crippen molar-refractivity contribution in [1.29, 1.82) is 0 Å². The predicted molar refractivity (Wildman–Crippen MR) is 168 cm³/mol. The number of hydrogen-bond acceptors (Lipinski definition) is 1. The molecular weight excluding hydrogens is 554 g/mol. The Balaban J connectivity index is 2.28. The highest BCUT2D eigenvalue weighted by atomic mass is 19.2. The van der Waals surface area contributed by atoms with Crippen molar-refractivity contribution >= 4 is 29.5 Å². The molecule has 1 aliphatic heterocycles. The van der Waals surface area contributed by atoms with Gasteiger partial charge < -0.3 is 4.81 Å². The second kappa shape index (κ2) is 12.3. The van der Waals surface area contributed by atoms with E-state index in [9.17, 15) is 4.39 Å². The maximum absolute atomic E-state index is 16.1. The first kappa shape index (κ1) is 32.5. The van der Waals surface area contributed by atoms with Crippen molar-refractivity contribution in [3.63, 3.8) is 0 Å². The van der Waals surface area contributed by atoms with E-state index in [0.29, 0.717) is 22.8 Å². The molecule has 0 N–H and O–H groups in total. The van der Waals surface area contributed by atoms with Crippen LogP contribution in [0.1, 0.15) is 115 Å². The minimum absolute atomic E-state index is 0.00756. The van der Waals surface area contributed by atoms with E-state index in [1.165, 1.54) is 0 Å². The molecule has 43 heavy (non-hydrogen) atoms. The van der Waals surface area contributed by atoms with Gasteiger partial charge in [0.15, 0.2) is 40.5 Å². The zero-order valence-electron chi connectivity index (χ0n) is 26.7. The van der Waals surface area contributed by atoms with E-state index in [1.807, 2.05) is 112 Å². The SMILES string of the molecule is CC1=CC(C)=[N+](c2c(C(C)C)cccc2C(C)C)B(c2c(F)c(F)c(F)c(F)c2F)N1c1c(C(C)C)cccc1C(C)C. The number of para-hydroxylation sites is 2. The van der Waals surface area contributed by atoms with E-state index < -0.39 is 41.5 Å². The number of rotatable bonds is 7. The van der Waals surface area contributed by atoms with Gasteiger partial charge in [0.25, 0.3) is 0 Å². The average Bonchev–Trinajstić information content (AvgIpc) is 2.94. The molecule has 0 atom stereocenters. The molecule has 0 bridgehead atoms. The van der Waals surface area contributed by atoms with Gasteiger partial charge in [-0.05, 0) is 41.7 Å². The molecule has 228 valence electrons. The quantitative estimate of drug-likeness (QED) is 0.114. The van der Waals surface area contributed by atoms with Crippen molar-refractivity contribution in [3.05, 3.63) is 99.5 Å². The molecule has 0 radical (unpaired) electrons. The number of benzene rings is 3. The van der Waals surface area contributed by atoms with Crippen LogP contribution in [0, 0.1) is 29.1 Å². The van der Waals surface area contributed by atoms with Gasteiger partial charge >= 0.3 is 6.98 Å². The highest BCUT2D eigenvalue weighted by Crippen LogP contribution is 2.42. The summed E-state index contributed by atoms with van der Waals surface area (Å²) in [6, 6.07) is 11.8. The number of halogens is 5. The van der Waals surface area contributed by atoms with E-state index in [4.69, 9.17) is 0 Å². The van der Waals surface area contributed by atoms with Crippen LogP contribution in [0.25, 0.3) is 0 Å². The molecule has 0 aliphatic carbocycles. The minimum Gasteiger partial charge on any atom is -0.319 e. The molecule has 2 nitrogen and oxygen atoms in total. The number of nitrogens with zero attached hydrogens (tertiary/aromatic N) is 2. The van der Waals surface area contributed by atoms with Crippen molar-refractivity contribution in [2.75, 3.05) is 4.81 Å². The topological polar surface area (TPSA) is 6.25 Å². The highest BCUT2D eigenvalue weighted by Gasteiger charge is 2.54. The third-order valence-electron chi connectivity index (χ3n) is 8.34. The highest BCUT2D eigenvalue weighted by molar-refractivity contribution is 6.72. The standard InChI is InChI=1S/C35H41BF5N2/c1-18(2)24-13-11-14-25(19(3)4)34(24)42-22(9)17-23(10)43(35-26(20(5)6)15-12-16-27(35)21(7)8)36(42)28-29(37)31(39)33(41)32(40)30(28)38/h11-21H,1-10H3/q+1. The molecule has 0 saturated carbocycles. The molecule has 1 heterocycles. The van der Waals surface area contributed by atoms with Gasteiger partial charge in [-0.1, -0.05) is 91.8 Å². The summed E-state index contributed by atoms with van der Waals surface area (Å²) in [6.45, 7) is 18.4. The van der Waals surface area contributed by atoms with E-state index in [-0.39, 0.29) is 23.7 Å². The largest absolute Gasteiger partial charge is 0.663 e. The molecule has 1 aliphatic rings. The second-order valence-electron chi connectivity index (χ2n) is 12.7. The molecule has 0 aromatic heterocycles. The first-order chi connectivity index (χ1) is 20.1. The summed E-state index contributed by atoms with van der Waals surface area (Å²) in [6.07, 6.45) is 1.92. The van der Waals surface area contributed by atoms with Crippen molar-refractivity contribution in [1.82, 2.24) is 0 Å². The van der Waals surface area contributed by atoms with Gasteiger partial charge in [0.05, 0.1) is 0 Å². The summed E-state index contributed by atoms with van der Waals surface area (Å²) in [5, 5.41) is 0. The van der Waals surface area contributed by atoms with Crippen LogP contribution in [-0.4, -0.2) is 17.2 Å². The normalized spacial score (nSPS) is 14.3. The lowest BCUT2D eigenvalue weighted by molar-refractivity contribution is -0.288. The Labute approximate surface area is 253 Å². The lowest BCUT2D eigenvalue weighted by Crippen LogP contribution is -2.61. The summed E-state index contributed by atoms with van der Waals surface area (Å²) in [5.41, 5.74) is 5.44. The van der Waals surface area contributed by atoms with Crippen LogP contribution in [0.2, 0.25) is 0 Å². The monoisotopic (exact) mass is 595 g/mol. The molecule has 3 aromatic rings. The predicted octanol–water partition coefficient (Wildman–Crippen LogP) is 9.80. The van der Waals surface area contributed by atoms with Gasteiger partial charge in [0.1, 0.15) is 5.46 Å². The fourth-order valence-electron chi connectivity index (χ4n) is 6.23. The van der Waals surface area contributed by atoms with Crippen molar-refractivity contribution in [2.45, 2.75) is 92.9 Å². The maximum Gasteiger partial charge on any atom is 0.663 e. The van der Waals surface area contributed by atoms with Crippen LogP contribution < -0.4 is 10.3 Å². The molecule has 3 aromatic carbocycles. The summed E-state index contributed by atoms with van der Waals surface area (Å²) in [7, 11) is 0. The van der Waals surface area contributed by atoms with Gasteiger partial charge in [-0.3, -0.25) is 4.49 Å². The smallest absolute Gasteiger partial charge is 0.319 e. The summed E-state index contributed by atoms with van der Waals surface area (Å²) >= 11 is 0. The zero-order valence-corrected chi connectivity index (χ0v) is 26.7. The van der Waals surface area contributed by atoms with Crippen molar-refractivity contribution < 1.29 is 26.4 Å². The Morgan fingerprint density at radius 2 is 0.953 bits per heavy atom. The Hall–Kier alpha value is -3.42. The molecule has 0 fully saturated rings. The molecule has 4 rings (SSSR count). The van der Waals surface area contributed by atoms with Crippen molar-refractivity contribution in [3.8, 4) is 0 Å². The van der Waals surface area contributed by atoms with Gasteiger partial charge in [0, 0.05) is 35.5 Å². The Morgan fingerprint density at radius 1 is 0.581 bits per heavy atom. The lowest BCUT2D eigenvalue weighted by Gasteiger charge is -2.37. The van der Waals surface area contributed by atoms with E-state index in [1.54, 1.807) is 9.30 Å². The molecule has 8 heteroatoms. The molecule has 0 amide bonds. The van der Waals surface area contributed by atoms with E-state index >= 15 is 17.6 Å². The van der Waals surface area contributed by atoms with Crippen LogP contribution >= 0.6 is 0 Å². The summed E-state index contributed by atoms with van der Waals surface area (Å²) < 4.78 is 78.4. The number of hydrogen-bond donors (Lipinski definition) is 0. The Morgan fingerprint density at radius 3 is 1.35 bits per heavy atom. The summed E-state index contributed by atoms with van der Waals surface area (Å²) in [4.78, 5) is 1.77. The Bertz CT molecular complexity index is 1540. The van der Waals surface area contributed by atoms with Gasteiger partial charge in [-0.25, -0.2) is 22.0 Å². The third-order valence-corrected chi connectivity index (χ3v) is 8.34. The zero-order chi connectivity index (χ0) is 32.1. The minimum atomic E-state index is -2.17. The fraction of sp³-hybridized carbons (Fsp3) is 0.400. The number of anilines is 1. The van der Waals surface area contributed by atoms with Crippen LogP contribution in [0.5, 0.6) is 0 Å². The Kier molecular flexibility index (Phi) is 9.29. The fourth-order valence-corrected chi connectivity index (χ4v) is 6.23. The lowest BCUT2D eigenvalue weighted by atomic mass is 9.60. The third kappa shape index (κ3) is 5.54. The second-order valence-corrected chi connectivity index (χ2v) is 12.7. The van der Waals surface area contributed by atoms with Crippen LogP contribution in [0.3, 0.4) is 0 Å². The number of allylic oxidation sites excluding steroid dienone is 2. The van der Waals surface area contributed by atoms with Crippen LogP contribution in [0.4, 0.5) is 33.3 Å². The van der Waals surface area contributed by atoms with Gasteiger partial charge in [0.2, 0.25) is 0 Å². The first-order valence-electron chi connectivity index (χ1n) is 15.0. The van der Waals surface area contributed by atoms with Crippen molar-refractivity contribution in [2.24, 2.45) is 0 Å². The first-order valence-corrected chi connectivity index (χ1v) is 15.0. The molecular formula is C35H41BF5N2+. The molecule has 0 spiro atoms. The molecule has 0 unspecified atom stereocenters. The van der Waals surface area contributed by atoms with Crippen LogP contribution in [0.15, 0.2) is 48.2 Å². The van der Waals surface area contributed by atoms with Gasteiger partial charge in [-0.15, -0.1) is 0 Å². The van der Waals surface area contributed by atoms with Gasteiger partial charge in [-0.2, -0.15) is 0 Å². The summed E-state index contributed by atoms with van der Waals surface area (Å²) in [5.74, 6) is -9.72.